The molecule has 0 spiro atoms. The van der Waals surface area contributed by atoms with Crippen LogP contribution in [-0.2, 0) is 6.42 Å². The van der Waals surface area contributed by atoms with Crippen molar-refractivity contribution in [2.24, 2.45) is 4.99 Å². The summed E-state index contributed by atoms with van der Waals surface area (Å²) in [7, 11) is 0. The van der Waals surface area contributed by atoms with Crippen LogP contribution in [0.3, 0.4) is 0 Å². The second-order valence-electron chi connectivity index (χ2n) is 8.52. The number of nitrogens with zero attached hydrogens (tertiary/aromatic N) is 5. The Bertz CT molecular complexity index is 1350. The monoisotopic (exact) mass is 439 g/mol. The molecule has 8 heteroatoms. The molecule has 3 N–H and O–H groups in total. The second kappa shape index (κ2) is 7.99. The van der Waals surface area contributed by atoms with Crippen LogP contribution in [0.2, 0.25) is 0 Å². The number of aliphatic imine (C=N–C) groups is 1. The number of imidazole rings is 1. The lowest BCUT2D eigenvalue weighted by Crippen LogP contribution is -2.49. The van der Waals surface area contributed by atoms with E-state index in [0.717, 1.165) is 46.7 Å². The molecule has 1 aromatic carbocycles. The number of nitrogens with one attached hydrogen (secondary N) is 2. The van der Waals surface area contributed by atoms with Gasteiger partial charge in [-0.2, -0.15) is 5.10 Å². The van der Waals surface area contributed by atoms with E-state index < -0.39 is 6.10 Å². The highest BCUT2D eigenvalue weighted by molar-refractivity contribution is 5.81. The molecule has 166 valence electrons. The summed E-state index contributed by atoms with van der Waals surface area (Å²) in [5, 5.41) is 19.0. The second-order valence-corrected chi connectivity index (χ2v) is 8.52. The van der Waals surface area contributed by atoms with Gasteiger partial charge in [0.2, 0.25) is 0 Å². The number of benzene rings is 1. The molecule has 33 heavy (non-hydrogen) atoms. The Labute approximate surface area is 191 Å². The average molecular weight is 440 g/mol. The number of aryl methyl sites for hydroxylation is 1. The van der Waals surface area contributed by atoms with Gasteiger partial charge in [0.15, 0.2) is 6.29 Å². The first kappa shape index (κ1) is 19.9. The average Bonchev–Trinajstić information content (AvgIpc) is 3.51. The molecule has 2 aliphatic heterocycles. The van der Waals surface area contributed by atoms with E-state index in [-0.39, 0.29) is 12.3 Å². The fourth-order valence-corrected chi connectivity index (χ4v) is 4.74. The summed E-state index contributed by atoms with van der Waals surface area (Å²) < 4.78 is 1.93. The van der Waals surface area contributed by atoms with Crippen molar-refractivity contribution in [1.29, 1.82) is 0 Å². The lowest BCUT2D eigenvalue weighted by Gasteiger charge is -2.38. The first-order valence-corrected chi connectivity index (χ1v) is 11.1. The van der Waals surface area contributed by atoms with E-state index >= 15 is 0 Å². The molecule has 0 radical (unpaired) electrons. The molecular weight excluding hydrogens is 414 g/mol. The molecule has 0 fully saturated rings. The highest BCUT2D eigenvalue weighted by Gasteiger charge is 2.37. The Morgan fingerprint density at radius 3 is 2.82 bits per heavy atom. The zero-order valence-electron chi connectivity index (χ0n) is 18.3. The predicted molar refractivity (Wildman–Crippen MR) is 126 cm³/mol. The lowest BCUT2D eigenvalue weighted by molar-refractivity contribution is 0.128. The lowest BCUT2D eigenvalue weighted by atomic mass is 9.99. The van der Waals surface area contributed by atoms with Gasteiger partial charge in [0.05, 0.1) is 23.2 Å². The van der Waals surface area contributed by atoms with Crippen LogP contribution in [0.1, 0.15) is 40.4 Å². The number of hydrogen-bond acceptors (Lipinski definition) is 6. The summed E-state index contributed by atoms with van der Waals surface area (Å²) in [5.74, 6) is 0. The number of hydrogen-bond donors (Lipinski definition) is 3. The summed E-state index contributed by atoms with van der Waals surface area (Å²) >= 11 is 0. The molecule has 5 heterocycles. The third kappa shape index (κ3) is 3.44. The molecule has 3 atom stereocenters. The van der Waals surface area contributed by atoms with Gasteiger partial charge in [-0.1, -0.05) is 36.4 Å². The van der Waals surface area contributed by atoms with Gasteiger partial charge in [0, 0.05) is 42.8 Å². The highest BCUT2D eigenvalue weighted by Crippen LogP contribution is 2.35. The number of rotatable bonds is 4. The van der Waals surface area contributed by atoms with Gasteiger partial charge in [-0.25, -0.2) is 9.50 Å². The van der Waals surface area contributed by atoms with Crippen molar-refractivity contribution in [3.63, 3.8) is 0 Å². The molecule has 6 rings (SSSR count). The number of aliphatic hydroxyl groups is 1. The molecule has 2 aliphatic rings. The van der Waals surface area contributed by atoms with Gasteiger partial charge >= 0.3 is 0 Å². The van der Waals surface area contributed by atoms with Crippen molar-refractivity contribution in [2.75, 3.05) is 6.54 Å². The topological polar surface area (TPSA) is 93.8 Å². The van der Waals surface area contributed by atoms with Crippen LogP contribution in [-0.4, -0.2) is 48.6 Å². The van der Waals surface area contributed by atoms with Crippen molar-refractivity contribution in [3.05, 3.63) is 101 Å². The van der Waals surface area contributed by atoms with E-state index in [1.807, 2.05) is 53.3 Å². The van der Waals surface area contributed by atoms with Crippen molar-refractivity contribution >= 4 is 11.7 Å². The van der Waals surface area contributed by atoms with E-state index in [1.165, 1.54) is 5.56 Å². The molecular formula is C25H25N7O. The van der Waals surface area contributed by atoms with Crippen molar-refractivity contribution in [2.45, 2.75) is 31.8 Å². The third-order valence-corrected chi connectivity index (χ3v) is 6.48. The Hall–Kier alpha value is -3.75. The van der Waals surface area contributed by atoms with E-state index in [0.29, 0.717) is 0 Å². The maximum atomic E-state index is 10.7. The Morgan fingerprint density at radius 2 is 2.03 bits per heavy atom. The molecule has 2 unspecified atom stereocenters. The molecule has 4 aromatic rings. The summed E-state index contributed by atoms with van der Waals surface area (Å²) in [6, 6.07) is 15.7. The fraction of sp³-hybridized carbons (Fsp3) is 0.240. The SMILES string of the molecule is Cc1cccn2nc([C@H]3c4nc[nH]c4CCN3C3N=CC(C(O)c4ccccc4)=CN3)cc12. The summed E-state index contributed by atoms with van der Waals surface area (Å²) in [5.41, 5.74) is 6.90. The number of aliphatic hydroxyl groups excluding tert-OH is 1. The van der Waals surface area contributed by atoms with Crippen LogP contribution in [0.25, 0.3) is 5.52 Å². The first-order valence-electron chi connectivity index (χ1n) is 11.1. The van der Waals surface area contributed by atoms with Crippen molar-refractivity contribution in [3.8, 4) is 0 Å². The van der Waals surface area contributed by atoms with Crippen LogP contribution in [0.15, 0.2) is 77.8 Å². The normalized spacial score (nSPS) is 21.5. The summed E-state index contributed by atoms with van der Waals surface area (Å²) in [6.07, 6.45) is 7.21. The van der Waals surface area contributed by atoms with Gasteiger partial charge in [0.1, 0.15) is 12.1 Å². The van der Waals surface area contributed by atoms with Crippen LogP contribution in [0.5, 0.6) is 0 Å². The standard InChI is InChI=1S/C25H25N7O/c1-16-6-5-10-32-21(16)12-20(30-32)23-22-19(28-15-29-22)9-11-31(23)25-26-13-18(14-27-25)24(33)17-7-3-2-4-8-17/h2-8,10,12-15,23-26,33H,9,11H2,1H3,(H,28,29)/t23-,24?,25?/m0/s1. The maximum Gasteiger partial charge on any atom is 0.176 e. The quantitative estimate of drug-likeness (QED) is 0.455. The molecule has 0 amide bonds. The number of aromatic nitrogens is 4. The number of pyridine rings is 1. The molecule has 3 aromatic heterocycles. The van der Waals surface area contributed by atoms with Gasteiger partial charge in [0.25, 0.3) is 0 Å². The predicted octanol–water partition coefficient (Wildman–Crippen LogP) is 2.89. The van der Waals surface area contributed by atoms with E-state index in [4.69, 9.17) is 10.1 Å². The Morgan fingerprint density at radius 1 is 1.15 bits per heavy atom. The van der Waals surface area contributed by atoms with Crippen molar-refractivity contribution in [1.82, 2.24) is 29.8 Å². The largest absolute Gasteiger partial charge is 0.384 e. The number of aromatic amines is 1. The van der Waals surface area contributed by atoms with Crippen LogP contribution >= 0.6 is 0 Å². The maximum absolute atomic E-state index is 10.7. The van der Waals surface area contributed by atoms with Gasteiger partial charge in [-0.05, 0) is 30.2 Å². The minimum Gasteiger partial charge on any atom is -0.384 e. The minimum absolute atomic E-state index is 0.136. The van der Waals surface area contributed by atoms with Gasteiger partial charge < -0.3 is 15.4 Å². The van der Waals surface area contributed by atoms with Crippen LogP contribution in [0.4, 0.5) is 0 Å². The number of fused-ring (bicyclic) bond motifs is 2. The van der Waals surface area contributed by atoms with Crippen molar-refractivity contribution < 1.29 is 5.11 Å². The molecule has 0 bridgehead atoms. The summed E-state index contributed by atoms with van der Waals surface area (Å²) in [4.78, 5) is 15.0. The summed E-state index contributed by atoms with van der Waals surface area (Å²) in [6.45, 7) is 2.89. The molecule has 0 saturated heterocycles. The fourth-order valence-electron chi connectivity index (χ4n) is 4.74. The minimum atomic E-state index is -0.722. The van der Waals surface area contributed by atoms with Gasteiger partial charge in [-0.3, -0.25) is 9.89 Å². The number of H-pyrrole nitrogens is 1. The molecule has 0 aliphatic carbocycles. The van der Waals surface area contributed by atoms with Crippen LogP contribution in [0, 0.1) is 6.92 Å². The smallest absolute Gasteiger partial charge is 0.176 e. The van der Waals surface area contributed by atoms with E-state index in [2.05, 4.69) is 39.2 Å². The van der Waals surface area contributed by atoms with Crippen LogP contribution < -0.4 is 5.32 Å². The van der Waals surface area contributed by atoms with E-state index in [9.17, 15) is 5.11 Å². The first-order chi connectivity index (χ1) is 16.2. The van der Waals surface area contributed by atoms with E-state index in [1.54, 1.807) is 12.5 Å². The zero-order valence-corrected chi connectivity index (χ0v) is 18.3. The highest BCUT2D eigenvalue weighted by atomic mass is 16.3. The zero-order chi connectivity index (χ0) is 22.4. The Kier molecular flexibility index (Phi) is 4.82. The third-order valence-electron chi connectivity index (χ3n) is 6.48. The Balaban J connectivity index is 1.32. The van der Waals surface area contributed by atoms with Gasteiger partial charge in [-0.15, -0.1) is 0 Å². The molecule has 8 nitrogen and oxygen atoms in total. The molecule has 0 saturated carbocycles.